The Kier molecular flexibility index (Phi) is 8.26. The molecule has 1 N–H and O–H groups in total. The molecule has 9 heteroatoms. The lowest BCUT2D eigenvalue weighted by Crippen LogP contribution is -2.44. The second-order valence-corrected chi connectivity index (χ2v) is 7.28. The molecule has 2 rings (SSSR count). The first-order valence-electron chi connectivity index (χ1n) is 9.95. The minimum absolute atomic E-state index is 0.0562. The van der Waals surface area contributed by atoms with Crippen LogP contribution in [0.3, 0.4) is 0 Å². The molecule has 0 saturated heterocycles. The summed E-state index contributed by atoms with van der Waals surface area (Å²) in [4.78, 5) is 10.9. The van der Waals surface area contributed by atoms with Crippen molar-refractivity contribution in [3.05, 3.63) is 59.2 Å². The molecule has 1 atom stereocenters. The van der Waals surface area contributed by atoms with Crippen molar-refractivity contribution in [2.24, 2.45) is 10.1 Å². The second-order valence-electron chi connectivity index (χ2n) is 7.28. The van der Waals surface area contributed by atoms with Gasteiger partial charge in [0.15, 0.2) is 5.60 Å². The van der Waals surface area contributed by atoms with Crippen molar-refractivity contribution in [2.75, 3.05) is 27.8 Å². The Balaban J connectivity index is 2.63. The number of ether oxygens (including phenoxy) is 1. The molecule has 6 nitrogen and oxygen atoms in total. The monoisotopic (exact) mass is 451 g/mol. The highest BCUT2D eigenvalue weighted by Crippen LogP contribution is 2.47. The van der Waals surface area contributed by atoms with Gasteiger partial charge < -0.3 is 19.6 Å². The number of alkyl halides is 3. The van der Waals surface area contributed by atoms with Crippen LogP contribution in [0.5, 0.6) is 5.75 Å². The zero-order chi connectivity index (χ0) is 23.9. The van der Waals surface area contributed by atoms with Gasteiger partial charge in [-0.2, -0.15) is 13.2 Å². The third-order valence-electron chi connectivity index (χ3n) is 5.06. The van der Waals surface area contributed by atoms with E-state index in [0.29, 0.717) is 23.4 Å². The van der Waals surface area contributed by atoms with Gasteiger partial charge in [-0.15, -0.1) is 0 Å². The van der Waals surface area contributed by atoms with Crippen LogP contribution in [-0.4, -0.2) is 56.0 Å². The van der Waals surface area contributed by atoms with Gasteiger partial charge in [0, 0.05) is 31.6 Å². The lowest BCUT2D eigenvalue weighted by Gasteiger charge is -2.33. The van der Waals surface area contributed by atoms with Gasteiger partial charge in [-0.05, 0) is 31.0 Å². The number of aryl methyl sites for hydroxylation is 1. The molecule has 0 fully saturated rings. The van der Waals surface area contributed by atoms with E-state index in [1.807, 2.05) is 18.9 Å². The zero-order valence-electron chi connectivity index (χ0n) is 18.8. The zero-order valence-corrected chi connectivity index (χ0v) is 18.8. The summed E-state index contributed by atoms with van der Waals surface area (Å²) in [6.07, 6.45) is -4.31. The Hall–Kier alpha value is -3.07. The summed E-state index contributed by atoms with van der Waals surface area (Å²) in [5.74, 6) is -0.133. The molecule has 0 aromatic heterocycles. The van der Waals surface area contributed by atoms with Crippen molar-refractivity contribution in [1.82, 2.24) is 4.90 Å². The quantitative estimate of drug-likeness (QED) is 0.338. The average Bonchev–Trinajstić information content (AvgIpc) is 2.77. The van der Waals surface area contributed by atoms with E-state index in [9.17, 15) is 18.3 Å². The highest BCUT2D eigenvalue weighted by molar-refractivity contribution is 6.01. The van der Waals surface area contributed by atoms with Crippen LogP contribution in [0.2, 0.25) is 0 Å². The van der Waals surface area contributed by atoms with Gasteiger partial charge in [-0.1, -0.05) is 35.5 Å². The Labute approximate surface area is 186 Å². The van der Waals surface area contributed by atoms with E-state index in [1.165, 1.54) is 26.4 Å². The number of hydrogen-bond acceptors (Lipinski definition) is 5. The van der Waals surface area contributed by atoms with Crippen molar-refractivity contribution in [3.8, 4) is 5.75 Å². The Morgan fingerprint density at radius 1 is 1.16 bits per heavy atom. The largest absolute Gasteiger partial charge is 0.496 e. The summed E-state index contributed by atoms with van der Waals surface area (Å²) in [6, 6.07) is 10.9. The van der Waals surface area contributed by atoms with Gasteiger partial charge in [0.1, 0.15) is 12.9 Å². The molecule has 174 valence electrons. The average molecular weight is 451 g/mol. The molecule has 0 bridgehead atoms. The molecule has 0 heterocycles. The SMILES string of the molecule is CCN(C)/C=N/c1cc(OC)c(C(O)(C/C(=N/OC)c2ccccc2)C(F)(F)F)cc1C. The fourth-order valence-electron chi connectivity index (χ4n) is 3.07. The third kappa shape index (κ3) is 5.59. The van der Waals surface area contributed by atoms with Crippen molar-refractivity contribution < 1.29 is 27.9 Å². The van der Waals surface area contributed by atoms with Crippen LogP contribution in [0.15, 0.2) is 52.6 Å². The molecule has 32 heavy (non-hydrogen) atoms. The van der Waals surface area contributed by atoms with E-state index in [4.69, 9.17) is 9.57 Å². The molecule has 1 unspecified atom stereocenters. The number of halogens is 3. The molecular formula is C23H28F3N3O3. The first-order chi connectivity index (χ1) is 15.1. The normalized spacial score (nSPS) is 14.3. The van der Waals surface area contributed by atoms with E-state index in [2.05, 4.69) is 10.1 Å². The Morgan fingerprint density at radius 2 is 1.81 bits per heavy atom. The number of nitrogens with zero attached hydrogens (tertiary/aromatic N) is 3. The fourth-order valence-corrected chi connectivity index (χ4v) is 3.07. The predicted molar refractivity (Wildman–Crippen MR) is 119 cm³/mol. The van der Waals surface area contributed by atoms with E-state index in [1.54, 1.807) is 43.6 Å². The molecule has 2 aromatic carbocycles. The van der Waals surface area contributed by atoms with Crippen LogP contribution in [0.1, 0.15) is 30.0 Å². The second kappa shape index (κ2) is 10.5. The molecule has 0 radical (unpaired) electrons. The van der Waals surface area contributed by atoms with Gasteiger partial charge in [0.25, 0.3) is 0 Å². The smallest absolute Gasteiger partial charge is 0.421 e. The Bertz CT molecular complexity index is 962. The minimum Gasteiger partial charge on any atom is -0.496 e. The lowest BCUT2D eigenvalue weighted by molar-refractivity contribution is -0.264. The topological polar surface area (TPSA) is 66.7 Å². The molecule has 0 saturated carbocycles. The maximum atomic E-state index is 14.3. The van der Waals surface area contributed by atoms with Gasteiger partial charge in [-0.3, -0.25) is 0 Å². The summed E-state index contributed by atoms with van der Waals surface area (Å²) >= 11 is 0. The van der Waals surface area contributed by atoms with E-state index in [-0.39, 0.29) is 11.5 Å². The third-order valence-corrected chi connectivity index (χ3v) is 5.06. The van der Waals surface area contributed by atoms with Gasteiger partial charge >= 0.3 is 6.18 Å². The molecular weight excluding hydrogens is 423 g/mol. The van der Waals surface area contributed by atoms with E-state index in [0.717, 1.165) is 0 Å². The van der Waals surface area contributed by atoms with E-state index >= 15 is 0 Å². The van der Waals surface area contributed by atoms with Crippen molar-refractivity contribution >= 4 is 17.7 Å². The van der Waals surface area contributed by atoms with Crippen LogP contribution >= 0.6 is 0 Å². The minimum atomic E-state index is -5.02. The van der Waals surface area contributed by atoms with Gasteiger partial charge in [0.2, 0.25) is 0 Å². The van der Waals surface area contributed by atoms with Gasteiger partial charge in [0.05, 0.1) is 24.8 Å². The number of rotatable bonds is 9. The number of hydrogen-bond donors (Lipinski definition) is 1. The summed E-state index contributed by atoms with van der Waals surface area (Å²) in [5.41, 5.74) is -2.47. The summed E-state index contributed by atoms with van der Waals surface area (Å²) in [5, 5.41) is 14.8. The number of benzene rings is 2. The maximum Gasteiger partial charge on any atom is 0.421 e. The molecule has 0 aliphatic heterocycles. The maximum absolute atomic E-state index is 14.3. The van der Waals surface area contributed by atoms with Crippen molar-refractivity contribution in [1.29, 1.82) is 0 Å². The number of aliphatic imine (C=N–C) groups is 1. The van der Waals surface area contributed by atoms with Crippen LogP contribution in [0, 0.1) is 6.92 Å². The fraction of sp³-hybridized carbons (Fsp3) is 0.391. The standard InChI is InChI=1S/C23H28F3N3O3/c1-6-29(3)15-27-19-13-21(31-4)18(12-16(19)2)22(30,23(24,25)26)14-20(28-32-5)17-10-8-7-9-11-17/h7-13,15,30H,6,14H2,1-5H3/b27-15+,28-20-. The first kappa shape index (κ1) is 25.2. The molecule has 0 amide bonds. The highest BCUT2D eigenvalue weighted by Gasteiger charge is 2.57. The highest BCUT2D eigenvalue weighted by atomic mass is 19.4. The molecule has 2 aromatic rings. The Morgan fingerprint density at radius 3 is 2.34 bits per heavy atom. The number of methoxy groups -OCH3 is 1. The van der Waals surface area contributed by atoms with Crippen LogP contribution in [-0.2, 0) is 10.4 Å². The molecule has 0 aliphatic carbocycles. The van der Waals surface area contributed by atoms with E-state index < -0.39 is 23.8 Å². The van der Waals surface area contributed by atoms with Crippen molar-refractivity contribution in [3.63, 3.8) is 0 Å². The summed E-state index contributed by atoms with van der Waals surface area (Å²) in [7, 11) is 4.31. The van der Waals surface area contributed by atoms with Crippen LogP contribution < -0.4 is 4.74 Å². The van der Waals surface area contributed by atoms with Crippen LogP contribution in [0.4, 0.5) is 18.9 Å². The van der Waals surface area contributed by atoms with Gasteiger partial charge in [-0.25, -0.2) is 4.99 Å². The molecule has 0 spiro atoms. The van der Waals surface area contributed by atoms with Crippen molar-refractivity contribution in [2.45, 2.75) is 32.0 Å². The first-order valence-corrected chi connectivity index (χ1v) is 9.95. The predicted octanol–water partition coefficient (Wildman–Crippen LogP) is 4.81. The number of oxime groups is 1. The summed E-state index contributed by atoms with van der Waals surface area (Å²) in [6.45, 7) is 4.28. The van der Waals surface area contributed by atoms with Crippen LogP contribution in [0.25, 0.3) is 0 Å². The molecule has 0 aliphatic rings. The lowest BCUT2D eigenvalue weighted by atomic mass is 9.84. The summed E-state index contributed by atoms with van der Waals surface area (Å²) < 4.78 is 48.2. The number of aliphatic hydroxyl groups is 1.